The highest BCUT2D eigenvalue weighted by Crippen LogP contribution is 2.44. The van der Waals surface area contributed by atoms with Gasteiger partial charge >= 0.3 is 0 Å². The van der Waals surface area contributed by atoms with Gasteiger partial charge in [-0.1, -0.05) is 41.8 Å². The Labute approximate surface area is 164 Å². The van der Waals surface area contributed by atoms with Gasteiger partial charge in [-0.3, -0.25) is 0 Å². The van der Waals surface area contributed by atoms with Crippen LogP contribution in [-0.2, 0) is 0 Å². The Morgan fingerprint density at radius 1 is 0.630 bits per heavy atom. The van der Waals surface area contributed by atoms with E-state index in [9.17, 15) is 0 Å². The van der Waals surface area contributed by atoms with E-state index in [0.29, 0.717) is 6.17 Å². The van der Waals surface area contributed by atoms with Crippen LogP contribution in [0.15, 0.2) is 36.7 Å². The molecule has 2 aromatic carbocycles. The summed E-state index contributed by atoms with van der Waals surface area (Å²) in [5.41, 5.74) is 11.0. The van der Waals surface area contributed by atoms with Crippen LogP contribution < -0.4 is 9.80 Å². The standard InChI is InChI=1S/C25H32N2/c1-16-12-18(3)23(19(4)13-16)26-10-11-27(25(26)22-8-7-9-22)24-20(5)14-17(2)15-21(24)6/h10-15,22,25H,7-9H2,1-6H3. The lowest BCUT2D eigenvalue weighted by Gasteiger charge is -2.44. The van der Waals surface area contributed by atoms with Crippen LogP contribution in [0.3, 0.4) is 0 Å². The van der Waals surface area contributed by atoms with Crippen LogP contribution in [0.4, 0.5) is 11.4 Å². The minimum Gasteiger partial charge on any atom is -0.325 e. The molecule has 1 fully saturated rings. The van der Waals surface area contributed by atoms with Crippen molar-refractivity contribution in [2.75, 3.05) is 9.80 Å². The highest BCUT2D eigenvalue weighted by atomic mass is 15.4. The van der Waals surface area contributed by atoms with Crippen LogP contribution in [0.1, 0.15) is 52.6 Å². The van der Waals surface area contributed by atoms with Crippen molar-refractivity contribution in [1.82, 2.24) is 0 Å². The zero-order valence-electron chi connectivity index (χ0n) is 17.6. The Hall–Kier alpha value is -2.22. The van der Waals surface area contributed by atoms with E-state index in [-0.39, 0.29) is 0 Å². The van der Waals surface area contributed by atoms with Gasteiger partial charge in [-0.15, -0.1) is 0 Å². The number of hydrogen-bond donors (Lipinski definition) is 0. The monoisotopic (exact) mass is 360 g/mol. The molecule has 2 aliphatic rings. The Balaban J connectivity index is 1.80. The predicted molar refractivity (Wildman–Crippen MR) is 117 cm³/mol. The van der Waals surface area contributed by atoms with Crippen molar-refractivity contribution >= 4 is 11.4 Å². The molecular formula is C25H32N2. The van der Waals surface area contributed by atoms with E-state index in [1.165, 1.54) is 64.0 Å². The summed E-state index contributed by atoms with van der Waals surface area (Å²) in [4.78, 5) is 5.10. The molecule has 4 rings (SSSR count). The second-order valence-electron chi connectivity index (χ2n) is 8.71. The number of benzene rings is 2. The first-order valence-electron chi connectivity index (χ1n) is 10.3. The Morgan fingerprint density at radius 3 is 1.30 bits per heavy atom. The molecule has 2 nitrogen and oxygen atoms in total. The highest BCUT2D eigenvalue weighted by Gasteiger charge is 2.39. The topological polar surface area (TPSA) is 6.48 Å². The van der Waals surface area contributed by atoms with Crippen molar-refractivity contribution in [1.29, 1.82) is 0 Å². The quantitative estimate of drug-likeness (QED) is 0.619. The Morgan fingerprint density at radius 2 is 1.00 bits per heavy atom. The second kappa shape index (κ2) is 6.74. The van der Waals surface area contributed by atoms with Crippen LogP contribution in [0.5, 0.6) is 0 Å². The van der Waals surface area contributed by atoms with Gasteiger partial charge in [-0.25, -0.2) is 0 Å². The summed E-state index contributed by atoms with van der Waals surface area (Å²) < 4.78 is 0. The van der Waals surface area contributed by atoms with E-state index < -0.39 is 0 Å². The van der Waals surface area contributed by atoms with Gasteiger partial charge in [0, 0.05) is 23.8 Å². The summed E-state index contributed by atoms with van der Waals surface area (Å²) in [6, 6.07) is 9.27. The summed E-state index contributed by atoms with van der Waals surface area (Å²) in [5.74, 6) is 0.722. The molecule has 2 aromatic rings. The Bertz CT molecular complexity index is 791. The van der Waals surface area contributed by atoms with Crippen molar-refractivity contribution < 1.29 is 0 Å². The molecule has 142 valence electrons. The molecule has 0 radical (unpaired) electrons. The van der Waals surface area contributed by atoms with Crippen LogP contribution in [0.25, 0.3) is 0 Å². The van der Waals surface area contributed by atoms with Crippen molar-refractivity contribution in [3.8, 4) is 0 Å². The van der Waals surface area contributed by atoms with Crippen LogP contribution in [0.2, 0.25) is 0 Å². The van der Waals surface area contributed by atoms with Gasteiger partial charge < -0.3 is 9.80 Å². The van der Waals surface area contributed by atoms with Gasteiger partial charge in [0.15, 0.2) is 0 Å². The molecule has 0 saturated heterocycles. The van der Waals surface area contributed by atoms with E-state index in [1.54, 1.807) is 0 Å². The molecule has 0 spiro atoms. The molecule has 0 aromatic heterocycles. The van der Waals surface area contributed by atoms with Crippen LogP contribution >= 0.6 is 0 Å². The first-order chi connectivity index (χ1) is 12.9. The lowest BCUT2D eigenvalue weighted by molar-refractivity contribution is 0.265. The van der Waals surface area contributed by atoms with E-state index in [0.717, 1.165) is 5.92 Å². The summed E-state index contributed by atoms with van der Waals surface area (Å²) >= 11 is 0. The minimum atomic E-state index is 0.388. The summed E-state index contributed by atoms with van der Waals surface area (Å²) in [6.45, 7) is 13.4. The molecule has 1 saturated carbocycles. The summed E-state index contributed by atoms with van der Waals surface area (Å²) in [5, 5.41) is 0. The third-order valence-corrected chi connectivity index (χ3v) is 6.32. The van der Waals surface area contributed by atoms with E-state index in [2.05, 4.69) is 88.0 Å². The molecule has 2 heteroatoms. The summed E-state index contributed by atoms with van der Waals surface area (Å²) in [6.07, 6.45) is 9.03. The average molecular weight is 361 g/mol. The molecule has 0 bridgehead atoms. The smallest absolute Gasteiger partial charge is 0.113 e. The normalized spacial score (nSPS) is 17.7. The number of rotatable bonds is 3. The largest absolute Gasteiger partial charge is 0.325 e. The molecule has 1 aliphatic heterocycles. The molecule has 27 heavy (non-hydrogen) atoms. The van der Waals surface area contributed by atoms with Crippen molar-refractivity contribution in [2.45, 2.75) is 67.0 Å². The van der Waals surface area contributed by atoms with Gasteiger partial charge in [0.2, 0.25) is 0 Å². The maximum Gasteiger partial charge on any atom is 0.113 e. The lowest BCUT2D eigenvalue weighted by Crippen LogP contribution is -2.48. The molecule has 0 atom stereocenters. The van der Waals surface area contributed by atoms with Crippen molar-refractivity contribution in [3.63, 3.8) is 0 Å². The van der Waals surface area contributed by atoms with Crippen LogP contribution in [-0.4, -0.2) is 6.17 Å². The third-order valence-electron chi connectivity index (χ3n) is 6.32. The number of anilines is 2. The maximum atomic E-state index is 2.55. The highest BCUT2D eigenvalue weighted by molar-refractivity contribution is 5.70. The zero-order valence-corrected chi connectivity index (χ0v) is 17.6. The zero-order chi connectivity index (χ0) is 19.3. The number of aryl methyl sites for hydroxylation is 6. The minimum absolute atomic E-state index is 0.388. The fourth-order valence-electron chi connectivity index (χ4n) is 5.22. The van der Waals surface area contributed by atoms with Gasteiger partial charge in [-0.2, -0.15) is 0 Å². The first kappa shape index (κ1) is 18.2. The number of hydrogen-bond acceptors (Lipinski definition) is 2. The molecule has 1 heterocycles. The first-order valence-corrected chi connectivity index (χ1v) is 10.3. The van der Waals surface area contributed by atoms with E-state index in [4.69, 9.17) is 0 Å². The predicted octanol–water partition coefficient (Wildman–Crippen LogP) is 6.46. The van der Waals surface area contributed by atoms with Gasteiger partial charge in [0.1, 0.15) is 6.17 Å². The number of nitrogens with zero attached hydrogens (tertiary/aromatic N) is 2. The van der Waals surface area contributed by atoms with E-state index >= 15 is 0 Å². The molecule has 0 amide bonds. The van der Waals surface area contributed by atoms with Gasteiger partial charge in [0.05, 0.1) is 0 Å². The summed E-state index contributed by atoms with van der Waals surface area (Å²) in [7, 11) is 0. The lowest BCUT2D eigenvalue weighted by atomic mass is 9.81. The van der Waals surface area contributed by atoms with Gasteiger partial charge in [0.25, 0.3) is 0 Å². The maximum absolute atomic E-state index is 2.55. The Kier molecular flexibility index (Phi) is 4.53. The molecular weight excluding hydrogens is 328 g/mol. The van der Waals surface area contributed by atoms with Crippen LogP contribution in [0, 0.1) is 47.5 Å². The third kappa shape index (κ3) is 3.05. The van der Waals surface area contributed by atoms with Gasteiger partial charge in [-0.05, 0) is 82.6 Å². The van der Waals surface area contributed by atoms with Crippen molar-refractivity contribution in [2.24, 2.45) is 5.92 Å². The second-order valence-corrected chi connectivity index (χ2v) is 8.71. The van der Waals surface area contributed by atoms with E-state index in [1.807, 2.05) is 0 Å². The fraction of sp³-hybridized carbons (Fsp3) is 0.440. The average Bonchev–Trinajstić information content (AvgIpc) is 2.88. The van der Waals surface area contributed by atoms with Crippen molar-refractivity contribution in [3.05, 3.63) is 70.0 Å². The SMILES string of the molecule is Cc1cc(C)c(N2C=CN(c3c(C)cc(C)cc3C)C2C2CCC2)c(C)c1. The molecule has 1 aliphatic carbocycles. The molecule has 0 N–H and O–H groups in total. The fourth-order valence-corrected chi connectivity index (χ4v) is 5.22. The molecule has 0 unspecified atom stereocenters.